The van der Waals surface area contributed by atoms with Crippen molar-refractivity contribution in [3.63, 3.8) is 0 Å². The maximum absolute atomic E-state index is 12.7. The van der Waals surface area contributed by atoms with Crippen LogP contribution in [-0.4, -0.2) is 28.7 Å². The second-order valence-electron chi connectivity index (χ2n) is 4.95. The van der Waals surface area contributed by atoms with E-state index in [2.05, 4.69) is 16.9 Å². The molecule has 1 amide bonds. The number of nitrogens with zero attached hydrogens (tertiary/aromatic N) is 3. The lowest BCUT2D eigenvalue weighted by atomic mass is 10.2. The van der Waals surface area contributed by atoms with Crippen molar-refractivity contribution in [1.29, 1.82) is 0 Å². The number of carbonyl (C=O) groups is 1. The summed E-state index contributed by atoms with van der Waals surface area (Å²) in [4.78, 5) is 23.5. The van der Waals surface area contributed by atoms with Crippen LogP contribution < -0.4 is 10.6 Å². The molecule has 0 aliphatic carbocycles. The Morgan fingerprint density at radius 3 is 2.78 bits per heavy atom. The molecule has 0 atom stereocenters. The summed E-state index contributed by atoms with van der Waals surface area (Å²) >= 11 is 0. The molecule has 0 aliphatic heterocycles. The highest BCUT2D eigenvalue weighted by Crippen LogP contribution is 2.38. The van der Waals surface area contributed by atoms with Gasteiger partial charge in [-0.3, -0.25) is 4.79 Å². The second-order valence-corrected chi connectivity index (χ2v) is 7.41. The molecule has 0 saturated heterocycles. The fourth-order valence-corrected chi connectivity index (χ4v) is 4.29. The van der Waals surface area contributed by atoms with Crippen LogP contribution in [0.25, 0.3) is 0 Å². The van der Waals surface area contributed by atoms with Crippen molar-refractivity contribution >= 4 is 39.0 Å². The molecule has 1 aromatic heterocycles. The van der Waals surface area contributed by atoms with Gasteiger partial charge in [0.1, 0.15) is 17.2 Å². The number of hydrogen-bond donors (Lipinski definition) is 1. The van der Waals surface area contributed by atoms with Gasteiger partial charge in [-0.2, -0.15) is 0 Å². The number of carbonyl (C=O) groups excluding carboxylic acids is 1. The van der Waals surface area contributed by atoms with E-state index in [0.29, 0.717) is 11.4 Å². The molecule has 1 heterocycles. The fourth-order valence-electron chi connectivity index (χ4n) is 1.94. The first-order valence-corrected chi connectivity index (χ1v) is 9.62. The third kappa shape index (κ3) is 4.39. The van der Waals surface area contributed by atoms with Crippen LogP contribution in [0.2, 0.25) is 0 Å². The Labute approximate surface area is 144 Å². The Kier molecular flexibility index (Phi) is 6.29. The maximum atomic E-state index is 12.7. The average Bonchev–Trinajstić information content (AvgIpc) is 2.54. The van der Waals surface area contributed by atoms with E-state index in [-0.39, 0.29) is 11.7 Å². The summed E-state index contributed by atoms with van der Waals surface area (Å²) in [6.45, 7) is 3.89. The molecule has 122 valence electrons. The SMILES string of the molecule is CCCSSc1ccccc1N(C)C(=O)c1cnc(C)nc1N. The number of amides is 1. The Morgan fingerprint density at radius 1 is 1.35 bits per heavy atom. The molecule has 0 aliphatic rings. The number of nitrogen functional groups attached to an aromatic ring is 1. The van der Waals surface area contributed by atoms with E-state index < -0.39 is 0 Å². The Morgan fingerprint density at radius 2 is 2.09 bits per heavy atom. The molecular formula is C16H20N4OS2. The molecule has 23 heavy (non-hydrogen) atoms. The minimum absolute atomic E-state index is 0.208. The van der Waals surface area contributed by atoms with Gasteiger partial charge in [0.25, 0.3) is 5.91 Å². The van der Waals surface area contributed by atoms with Crippen LogP contribution in [0.15, 0.2) is 35.4 Å². The Hall–Kier alpha value is -1.73. The molecule has 0 radical (unpaired) electrons. The van der Waals surface area contributed by atoms with Crippen LogP contribution >= 0.6 is 21.6 Å². The van der Waals surface area contributed by atoms with Crippen molar-refractivity contribution in [2.75, 3.05) is 23.4 Å². The highest BCUT2D eigenvalue weighted by atomic mass is 33.1. The van der Waals surface area contributed by atoms with Gasteiger partial charge in [0.2, 0.25) is 0 Å². The second kappa shape index (κ2) is 8.21. The molecule has 0 unspecified atom stereocenters. The number of benzene rings is 1. The van der Waals surface area contributed by atoms with Crippen LogP contribution in [-0.2, 0) is 0 Å². The maximum Gasteiger partial charge on any atom is 0.263 e. The van der Waals surface area contributed by atoms with Crippen molar-refractivity contribution < 1.29 is 4.79 Å². The van der Waals surface area contributed by atoms with Crippen LogP contribution in [0.3, 0.4) is 0 Å². The van der Waals surface area contributed by atoms with Gasteiger partial charge in [0.15, 0.2) is 0 Å². The van der Waals surface area contributed by atoms with Gasteiger partial charge in [-0.1, -0.05) is 40.6 Å². The molecule has 7 heteroatoms. The first kappa shape index (κ1) is 17.6. The van der Waals surface area contributed by atoms with Crippen LogP contribution in [0, 0.1) is 6.92 Å². The number of para-hydroxylation sites is 1. The molecule has 0 spiro atoms. The molecule has 2 aromatic rings. The minimum Gasteiger partial charge on any atom is -0.383 e. The lowest BCUT2D eigenvalue weighted by molar-refractivity contribution is 0.0993. The molecule has 0 fully saturated rings. The van der Waals surface area contributed by atoms with Crippen molar-refractivity contribution in [3.05, 3.63) is 41.9 Å². The quantitative estimate of drug-likeness (QED) is 0.632. The van der Waals surface area contributed by atoms with Crippen LogP contribution in [0.5, 0.6) is 0 Å². The normalized spacial score (nSPS) is 10.6. The Bertz CT molecular complexity index is 694. The molecule has 0 bridgehead atoms. The van der Waals surface area contributed by atoms with Gasteiger partial charge in [-0.05, 0) is 25.5 Å². The molecule has 5 nitrogen and oxygen atoms in total. The summed E-state index contributed by atoms with van der Waals surface area (Å²) in [5.41, 5.74) is 7.04. The predicted octanol–water partition coefficient (Wildman–Crippen LogP) is 3.79. The van der Waals surface area contributed by atoms with Gasteiger partial charge < -0.3 is 10.6 Å². The predicted molar refractivity (Wildman–Crippen MR) is 99.0 cm³/mol. The van der Waals surface area contributed by atoms with E-state index in [9.17, 15) is 4.79 Å². The van der Waals surface area contributed by atoms with Gasteiger partial charge in [-0.25, -0.2) is 9.97 Å². The minimum atomic E-state index is -0.212. The number of rotatable bonds is 6. The first-order valence-electron chi connectivity index (χ1n) is 7.30. The summed E-state index contributed by atoms with van der Waals surface area (Å²) in [5.74, 6) is 1.61. The summed E-state index contributed by atoms with van der Waals surface area (Å²) in [7, 11) is 5.20. The van der Waals surface area contributed by atoms with Crippen LogP contribution in [0.1, 0.15) is 29.5 Å². The molecular weight excluding hydrogens is 328 g/mol. The third-order valence-corrected chi connectivity index (χ3v) is 5.75. The number of aryl methyl sites for hydroxylation is 1. The molecule has 1 aromatic carbocycles. The largest absolute Gasteiger partial charge is 0.383 e. The van der Waals surface area contributed by atoms with Gasteiger partial charge in [0, 0.05) is 23.9 Å². The summed E-state index contributed by atoms with van der Waals surface area (Å²) in [6, 6.07) is 7.84. The number of hydrogen-bond acceptors (Lipinski definition) is 6. The summed E-state index contributed by atoms with van der Waals surface area (Å²) in [5, 5.41) is 0. The average molecular weight is 348 g/mol. The highest BCUT2D eigenvalue weighted by molar-refractivity contribution is 8.76. The van der Waals surface area contributed by atoms with E-state index in [1.807, 2.05) is 24.3 Å². The van der Waals surface area contributed by atoms with E-state index in [1.165, 1.54) is 6.20 Å². The molecule has 2 rings (SSSR count). The Balaban J connectivity index is 2.25. The topological polar surface area (TPSA) is 72.1 Å². The monoisotopic (exact) mass is 348 g/mol. The zero-order valence-electron chi connectivity index (χ0n) is 13.4. The third-order valence-electron chi connectivity index (χ3n) is 3.14. The smallest absolute Gasteiger partial charge is 0.263 e. The highest BCUT2D eigenvalue weighted by Gasteiger charge is 2.20. The van der Waals surface area contributed by atoms with E-state index in [0.717, 1.165) is 22.8 Å². The van der Waals surface area contributed by atoms with E-state index >= 15 is 0 Å². The van der Waals surface area contributed by atoms with Gasteiger partial charge in [0.05, 0.1) is 5.69 Å². The standard InChI is InChI=1S/C16H20N4OS2/c1-4-9-22-23-14-8-6-5-7-13(14)20(3)16(21)12-10-18-11(2)19-15(12)17/h5-8,10H,4,9H2,1-3H3,(H2,17,18,19). The lowest BCUT2D eigenvalue weighted by Crippen LogP contribution is -2.28. The van der Waals surface area contributed by atoms with Crippen molar-refractivity contribution in [3.8, 4) is 0 Å². The van der Waals surface area contributed by atoms with Crippen molar-refractivity contribution in [1.82, 2.24) is 9.97 Å². The van der Waals surface area contributed by atoms with Crippen molar-refractivity contribution in [2.45, 2.75) is 25.2 Å². The molecule has 0 saturated carbocycles. The summed E-state index contributed by atoms with van der Waals surface area (Å²) < 4.78 is 0. The van der Waals surface area contributed by atoms with Gasteiger partial charge >= 0.3 is 0 Å². The first-order chi connectivity index (χ1) is 11.0. The zero-order valence-corrected chi connectivity index (χ0v) is 15.1. The van der Waals surface area contributed by atoms with E-state index in [1.54, 1.807) is 40.5 Å². The van der Waals surface area contributed by atoms with E-state index in [4.69, 9.17) is 5.73 Å². The van der Waals surface area contributed by atoms with Crippen molar-refractivity contribution in [2.24, 2.45) is 0 Å². The fraction of sp³-hybridized carbons (Fsp3) is 0.312. The van der Waals surface area contributed by atoms with Crippen LogP contribution in [0.4, 0.5) is 11.5 Å². The number of nitrogens with two attached hydrogens (primary N) is 1. The number of aromatic nitrogens is 2. The molecule has 2 N–H and O–H groups in total. The number of anilines is 2. The van der Waals surface area contributed by atoms with Gasteiger partial charge in [-0.15, -0.1) is 0 Å². The lowest BCUT2D eigenvalue weighted by Gasteiger charge is -2.20. The zero-order chi connectivity index (χ0) is 16.8. The summed E-state index contributed by atoms with van der Waals surface area (Å²) in [6.07, 6.45) is 2.60.